The molecule has 1 aromatic rings. The van der Waals surface area contributed by atoms with Crippen molar-refractivity contribution < 1.29 is 4.74 Å². The minimum atomic E-state index is 0.115. The third kappa shape index (κ3) is 4.99. The van der Waals surface area contributed by atoms with Gasteiger partial charge in [-0.1, -0.05) is 24.1 Å². The lowest BCUT2D eigenvalue weighted by atomic mass is 9.98. The highest BCUT2D eigenvalue weighted by Crippen LogP contribution is 2.30. The van der Waals surface area contributed by atoms with Crippen LogP contribution in [-0.4, -0.2) is 11.6 Å². The minimum Gasteiger partial charge on any atom is -0.489 e. The summed E-state index contributed by atoms with van der Waals surface area (Å²) in [5.74, 6) is 0.832. The van der Waals surface area contributed by atoms with Gasteiger partial charge in [0.25, 0.3) is 0 Å². The van der Waals surface area contributed by atoms with Gasteiger partial charge in [0.1, 0.15) is 5.75 Å². The predicted molar refractivity (Wildman–Crippen MR) is 85.5 cm³/mol. The molecule has 112 valence electrons. The van der Waals surface area contributed by atoms with Crippen molar-refractivity contribution in [3.8, 4) is 5.75 Å². The van der Waals surface area contributed by atoms with Crippen LogP contribution in [0.4, 0.5) is 0 Å². The monoisotopic (exact) mass is 295 g/mol. The molecule has 0 unspecified atom stereocenters. The lowest BCUT2D eigenvalue weighted by Crippen LogP contribution is -2.35. The molecule has 0 bridgehead atoms. The summed E-state index contributed by atoms with van der Waals surface area (Å²) in [6.07, 6.45) is 6.55. The van der Waals surface area contributed by atoms with Crippen molar-refractivity contribution in [3.63, 3.8) is 0 Å². The van der Waals surface area contributed by atoms with Crippen LogP contribution in [0.2, 0.25) is 5.02 Å². The lowest BCUT2D eigenvalue weighted by Gasteiger charge is -2.24. The van der Waals surface area contributed by atoms with E-state index in [0.717, 1.165) is 30.2 Å². The minimum absolute atomic E-state index is 0.115. The topological polar surface area (TPSA) is 21.3 Å². The van der Waals surface area contributed by atoms with Gasteiger partial charge in [-0.05, 0) is 64.2 Å². The van der Waals surface area contributed by atoms with E-state index in [1.54, 1.807) is 0 Å². The van der Waals surface area contributed by atoms with Crippen molar-refractivity contribution >= 4 is 11.6 Å². The van der Waals surface area contributed by atoms with Crippen molar-refractivity contribution in [3.05, 3.63) is 28.8 Å². The second-order valence-electron chi connectivity index (χ2n) is 6.75. The molecule has 0 atom stereocenters. The van der Waals surface area contributed by atoms with E-state index in [0.29, 0.717) is 6.10 Å². The molecule has 1 aliphatic rings. The van der Waals surface area contributed by atoms with Gasteiger partial charge >= 0.3 is 0 Å². The average molecular weight is 296 g/mol. The quantitative estimate of drug-likeness (QED) is 0.849. The first kappa shape index (κ1) is 15.7. The van der Waals surface area contributed by atoms with Crippen molar-refractivity contribution in [1.82, 2.24) is 5.32 Å². The number of rotatable bonds is 4. The van der Waals surface area contributed by atoms with Gasteiger partial charge in [-0.2, -0.15) is 0 Å². The molecule has 0 spiro atoms. The van der Waals surface area contributed by atoms with E-state index in [-0.39, 0.29) is 5.54 Å². The normalized spacial score (nSPS) is 17.2. The van der Waals surface area contributed by atoms with Gasteiger partial charge in [0.15, 0.2) is 0 Å². The van der Waals surface area contributed by atoms with E-state index in [1.165, 1.54) is 24.8 Å². The van der Waals surface area contributed by atoms with Crippen LogP contribution in [0, 0.1) is 0 Å². The van der Waals surface area contributed by atoms with E-state index in [2.05, 4.69) is 32.2 Å². The van der Waals surface area contributed by atoms with Gasteiger partial charge in [0.05, 0.1) is 11.1 Å². The summed E-state index contributed by atoms with van der Waals surface area (Å²) in [6.45, 7) is 7.31. The summed E-state index contributed by atoms with van der Waals surface area (Å²) in [4.78, 5) is 0. The van der Waals surface area contributed by atoms with Crippen molar-refractivity contribution in [2.75, 3.05) is 0 Å². The van der Waals surface area contributed by atoms with Gasteiger partial charge in [0.2, 0.25) is 0 Å². The molecule has 0 heterocycles. The molecular formula is C17H26ClNO. The van der Waals surface area contributed by atoms with E-state index >= 15 is 0 Å². The molecule has 20 heavy (non-hydrogen) atoms. The van der Waals surface area contributed by atoms with Crippen LogP contribution in [0.5, 0.6) is 5.75 Å². The number of hydrogen-bond donors (Lipinski definition) is 1. The van der Waals surface area contributed by atoms with Crippen LogP contribution in [0.25, 0.3) is 0 Å². The number of nitrogens with one attached hydrogen (secondary N) is 1. The molecule has 1 aliphatic carbocycles. The average Bonchev–Trinajstić information content (AvgIpc) is 2.40. The number of benzene rings is 1. The highest BCUT2D eigenvalue weighted by atomic mass is 35.5. The Kier molecular flexibility index (Phi) is 5.34. The molecule has 0 aliphatic heterocycles. The van der Waals surface area contributed by atoms with Crippen molar-refractivity contribution in [1.29, 1.82) is 0 Å². The Hall–Kier alpha value is -0.730. The molecule has 2 nitrogen and oxygen atoms in total. The summed E-state index contributed by atoms with van der Waals surface area (Å²) in [7, 11) is 0. The Bertz CT molecular complexity index is 433. The summed E-state index contributed by atoms with van der Waals surface area (Å²) < 4.78 is 6.03. The van der Waals surface area contributed by atoms with Gasteiger partial charge in [-0.25, -0.2) is 0 Å². The first-order valence-electron chi connectivity index (χ1n) is 7.64. The van der Waals surface area contributed by atoms with Crippen molar-refractivity contribution in [2.24, 2.45) is 0 Å². The molecule has 0 radical (unpaired) electrons. The van der Waals surface area contributed by atoms with Crippen LogP contribution in [-0.2, 0) is 6.54 Å². The maximum Gasteiger partial charge on any atom is 0.138 e. The van der Waals surface area contributed by atoms with Crippen molar-refractivity contribution in [2.45, 2.75) is 71.1 Å². The van der Waals surface area contributed by atoms with Gasteiger partial charge in [-0.3, -0.25) is 0 Å². The molecule has 1 saturated carbocycles. The molecule has 2 rings (SSSR count). The number of halogens is 1. The molecule has 1 N–H and O–H groups in total. The Labute approximate surface area is 127 Å². The Morgan fingerprint density at radius 1 is 1.20 bits per heavy atom. The molecule has 1 fully saturated rings. The second kappa shape index (κ2) is 6.82. The van der Waals surface area contributed by atoms with Crippen LogP contribution >= 0.6 is 11.6 Å². The fourth-order valence-electron chi connectivity index (χ4n) is 2.48. The predicted octanol–water partition coefficient (Wildman–Crippen LogP) is 4.94. The standard InChI is InChI=1S/C17H26ClNO/c1-17(2,3)19-12-13-9-10-16(15(18)11-13)20-14-7-5-4-6-8-14/h9-11,14,19H,4-8,12H2,1-3H3. The Morgan fingerprint density at radius 2 is 1.90 bits per heavy atom. The Balaban J connectivity index is 1.94. The molecule has 0 aromatic heterocycles. The summed E-state index contributed by atoms with van der Waals surface area (Å²) >= 11 is 6.35. The second-order valence-corrected chi connectivity index (χ2v) is 7.15. The fraction of sp³-hybridized carbons (Fsp3) is 0.647. The first-order valence-corrected chi connectivity index (χ1v) is 8.02. The van der Waals surface area contributed by atoms with Gasteiger partial charge in [0, 0.05) is 12.1 Å². The highest BCUT2D eigenvalue weighted by molar-refractivity contribution is 6.32. The smallest absolute Gasteiger partial charge is 0.138 e. The van der Waals surface area contributed by atoms with E-state index in [9.17, 15) is 0 Å². The van der Waals surface area contributed by atoms with Crippen LogP contribution in [0.15, 0.2) is 18.2 Å². The molecule has 0 amide bonds. The van der Waals surface area contributed by atoms with E-state index in [1.807, 2.05) is 12.1 Å². The largest absolute Gasteiger partial charge is 0.489 e. The highest BCUT2D eigenvalue weighted by Gasteiger charge is 2.16. The maximum atomic E-state index is 6.35. The summed E-state index contributed by atoms with van der Waals surface area (Å²) in [5, 5.41) is 4.19. The number of ether oxygens (including phenoxy) is 1. The SMILES string of the molecule is CC(C)(C)NCc1ccc(OC2CCCCC2)c(Cl)c1. The van der Waals surface area contributed by atoms with Gasteiger partial charge < -0.3 is 10.1 Å². The molecule has 1 aromatic carbocycles. The van der Waals surface area contributed by atoms with Crippen LogP contribution in [0.1, 0.15) is 58.4 Å². The van der Waals surface area contributed by atoms with Gasteiger partial charge in [-0.15, -0.1) is 0 Å². The maximum absolute atomic E-state index is 6.35. The molecule has 3 heteroatoms. The molecule has 0 saturated heterocycles. The van der Waals surface area contributed by atoms with Crippen LogP contribution < -0.4 is 10.1 Å². The summed E-state index contributed by atoms with van der Waals surface area (Å²) in [5.41, 5.74) is 1.31. The molecular weight excluding hydrogens is 270 g/mol. The number of hydrogen-bond acceptors (Lipinski definition) is 2. The zero-order chi connectivity index (χ0) is 14.6. The fourth-order valence-corrected chi connectivity index (χ4v) is 2.73. The summed E-state index contributed by atoms with van der Waals surface area (Å²) in [6, 6.07) is 6.12. The zero-order valence-electron chi connectivity index (χ0n) is 12.8. The Morgan fingerprint density at radius 3 is 2.50 bits per heavy atom. The van der Waals surface area contributed by atoms with E-state index in [4.69, 9.17) is 16.3 Å². The van der Waals surface area contributed by atoms with E-state index < -0.39 is 0 Å². The third-order valence-electron chi connectivity index (χ3n) is 3.66. The van der Waals surface area contributed by atoms with Crippen LogP contribution in [0.3, 0.4) is 0 Å². The first-order chi connectivity index (χ1) is 9.44. The third-order valence-corrected chi connectivity index (χ3v) is 3.96. The lowest BCUT2D eigenvalue weighted by molar-refractivity contribution is 0.155. The zero-order valence-corrected chi connectivity index (χ0v) is 13.6.